The molecule has 1 amide bonds. The molecule has 19 heavy (non-hydrogen) atoms. The Balaban J connectivity index is 1.69. The average Bonchev–Trinajstić information content (AvgIpc) is 3.10. The molecule has 5 nitrogen and oxygen atoms in total. The van der Waals surface area contributed by atoms with E-state index in [1.807, 2.05) is 6.07 Å². The fourth-order valence-corrected chi connectivity index (χ4v) is 2.36. The summed E-state index contributed by atoms with van der Waals surface area (Å²) in [6.07, 6.45) is 5.21. The molecule has 1 heterocycles. The van der Waals surface area contributed by atoms with E-state index in [-0.39, 0.29) is 12.5 Å². The SMILES string of the molecule is N#Cc1cc2c(nc1NCC(=O)NC1CC1)CCC2. The van der Waals surface area contributed by atoms with Crippen LogP contribution in [0.25, 0.3) is 0 Å². The van der Waals surface area contributed by atoms with Crippen LogP contribution in [0.3, 0.4) is 0 Å². The van der Waals surface area contributed by atoms with Gasteiger partial charge < -0.3 is 10.6 Å². The number of carbonyl (C=O) groups is 1. The number of aromatic nitrogens is 1. The van der Waals surface area contributed by atoms with E-state index < -0.39 is 0 Å². The van der Waals surface area contributed by atoms with Gasteiger partial charge in [0.2, 0.25) is 5.91 Å². The van der Waals surface area contributed by atoms with Crippen LogP contribution in [0.15, 0.2) is 6.07 Å². The summed E-state index contributed by atoms with van der Waals surface area (Å²) < 4.78 is 0. The molecule has 2 N–H and O–H groups in total. The van der Waals surface area contributed by atoms with E-state index in [2.05, 4.69) is 21.7 Å². The molecule has 0 spiro atoms. The Bertz CT molecular complexity index is 557. The Morgan fingerprint density at radius 2 is 2.32 bits per heavy atom. The van der Waals surface area contributed by atoms with Gasteiger partial charge in [-0.25, -0.2) is 4.98 Å². The summed E-state index contributed by atoms with van der Waals surface area (Å²) in [7, 11) is 0. The zero-order valence-corrected chi connectivity index (χ0v) is 10.7. The number of hydrogen-bond donors (Lipinski definition) is 2. The molecule has 98 valence electrons. The maximum absolute atomic E-state index is 11.6. The van der Waals surface area contributed by atoms with Crippen molar-refractivity contribution < 1.29 is 4.79 Å². The second kappa shape index (κ2) is 4.88. The van der Waals surface area contributed by atoms with Crippen LogP contribution in [-0.2, 0) is 17.6 Å². The van der Waals surface area contributed by atoms with Crippen molar-refractivity contribution in [1.82, 2.24) is 10.3 Å². The third kappa shape index (κ3) is 2.68. The van der Waals surface area contributed by atoms with E-state index in [0.29, 0.717) is 17.4 Å². The van der Waals surface area contributed by atoms with Crippen molar-refractivity contribution in [2.24, 2.45) is 0 Å². The van der Waals surface area contributed by atoms with Gasteiger partial charge in [-0.15, -0.1) is 0 Å². The largest absolute Gasteiger partial charge is 0.360 e. The molecule has 0 atom stereocenters. The third-order valence-corrected chi connectivity index (χ3v) is 3.53. The van der Waals surface area contributed by atoms with Crippen molar-refractivity contribution in [2.75, 3.05) is 11.9 Å². The van der Waals surface area contributed by atoms with Gasteiger partial charge in [0.1, 0.15) is 11.9 Å². The molecule has 0 saturated heterocycles. The molecule has 0 bridgehead atoms. The first-order chi connectivity index (χ1) is 9.26. The number of nitrogens with one attached hydrogen (secondary N) is 2. The first-order valence-electron chi connectivity index (χ1n) is 6.72. The van der Waals surface area contributed by atoms with Crippen LogP contribution >= 0.6 is 0 Å². The normalized spacial score (nSPS) is 16.6. The maximum Gasteiger partial charge on any atom is 0.239 e. The Hall–Kier alpha value is -2.09. The van der Waals surface area contributed by atoms with Crippen molar-refractivity contribution in [3.63, 3.8) is 0 Å². The van der Waals surface area contributed by atoms with Gasteiger partial charge >= 0.3 is 0 Å². The number of pyridine rings is 1. The number of hydrogen-bond acceptors (Lipinski definition) is 4. The van der Waals surface area contributed by atoms with E-state index in [1.165, 1.54) is 5.56 Å². The lowest BCUT2D eigenvalue weighted by molar-refractivity contribution is -0.119. The van der Waals surface area contributed by atoms with Gasteiger partial charge in [-0.1, -0.05) is 0 Å². The van der Waals surface area contributed by atoms with Gasteiger partial charge in [-0.2, -0.15) is 5.26 Å². The Kier molecular flexibility index (Phi) is 3.08. The number of carbonyl (C=O) groups excluding carboxylic acids is 1. The van der Waals surface area contributed by atoms with Gasteiger partial charge in [-0.3, -0.25) is 4.79 Å². The van der Waals surface area contributed by atoms with Crippen molar-refractivity contribution >= 4 is 11.7 Å². The standard InChI is InChI=1S/C14H16N4O/c15-7-10-6-9-2-1-3-12(9)18-14(10)16-8-13(19)17-11-4-5-11/h6,11H,1-5,8H2,(H,16,18)(H,17,19). The molecule has 0 unspecified atom stereocenters. The number of nitrogens with zero attached hydrogens (tertiary/aromatic N) is 2. The van der Waals surface area contributed by atoms with E-state index in [0.717, 1.165) is 37.8 Å². The minimum absolute atomic E-state index is 0.0336. The second-order valence-corrected chi connectivity index (χ2v) is 5.15. The molecule has 5 heteroatoms. The fraction of sp³-hybridized carbons (Fsp3) is 0.500. The van der Waals surface area contributed by atoms with E-state index in [4.69, 9.17) is 5.26 Å². The van der Waals surface area contributed by atoms with Crippen molar-refractivity contribution in [2.45, 2.75) is 38.1 Å². The maximum atomic E-state index is 11.6. The highest BCUT2D eigenvalue weighted by molar-refractivity contribution is 5.81. The van der Waals surface area contributed by atoms with Gasteiger partial charge in [0.05, 0.1) is 12.1 Å². The van der Waals surface area contributed by atoms with Gasteiger partial charge in [0.25, 0.3) is 0 Å². The zero-order chi connectivity index (χ0) is 13.2. The lowest BCUT2D eigenvalue weighted by Crippen LogP contribution is -2.31. The summed E-state index contributed by atoms with van der Waals surface area (Å²) in [6, 6.07) is 4.40. The molecule has 1 aromatic heterocycles. The Morgan fingerprint density at radius 3 is 3.05 bits per heavy atom. The molecule has 3 rings (SSSR count). The van der Waals surface area contributed by atoms with Crippen molar-refractivity contribution in [3.05, 3.63) is 22.9 Å². The first kappa shape index (κ1) is 12.0. The quantitative estimate of drug-likeness (QED) is 0.846. The highest BCUT2D eigenvalue weighted by Crippen LogP contribution is 2.24. The molecule has 1 saturated carbocycles. The summed E-state index contributed by atoms with van der Waals surface area (Å²) in [5, 5.41) is 15.0. The van der Waals surface area contributed by atoms with Crippen molar-refractivity contribution in [3.8, 4) is 6.07 Å². The van der Waals surface area contributed by atoms with Crippen LogP contribution in [0.5, 0.6) is 0 Å². The number of rotatable bonds is 4. The molecular formula is C14H16N4O. The molecule has 1 aromatic rings. The number of nitriles is 1. The third-order valence-electron chi connectivity index (χ3n) is 3.53. The second-order valence-electron chi connectivity index (χ2n) is 5.15. The molecule has 0 radical (unpaired) electrons. The molecule has 0 aliphatic heterocycles. The van der Waals surface area contributed by atoms with Crippen molar-refractivity contribution in [1.29, 1.82) is 5.26 Å². The number of fused-ring (bicyclic) bond motifs is 1. The number of anilines is 1. The summed E-state index contributed by atoms with van der Waals surface area (Å²) >= 11 is 0. The Labute approximate surface area is 112 Å². The summed E-state index contributed by atoms with van der Waals surface area (Å²) in [4.78, 5) is 16.1. The van der Waals surface area contributed by atoms with Gasteiger partial charge in [0.15, 0.2) is 0 Å². The van der Waals surface area contributed by atoms with Crippen LogP contribution in [0, 0.1) is 11.3 Å². The van der Waals surface area contributed by atoms with Crippen LogP contribution < -0.4 is 10.6 Å². The minimum Gasteiger partial charge on any atom is -0.360 e. The van der Waals surface area contributed by atoms with Crippen LogP contribution in [0.1, 0.15) is 36.1 Å². The fourth-order valence-electron chi connectivity index (χ4n) is 2.36. The lowest BCUT2D eigenvalue weighted by Gasteiger charge is -2.09. The van der Waals surface area contributed by atoms with Crippen LogP contribution in [0.4, 0.5) is 5.82 Å². The zero-order valence-electron chi connectivity index (χ0n) is 10.7. The summed E-state index contributed by atoms with van der Waals surface area (Å²) in [6.45, 7) is 0.178. The smallest absolute Gasteiger partial charge is 0.239 e. The highest BCUT2D eigenvalue weighted by Gasteiger charge is 2.23. The predicted octanol–water partition coefficient (Wildman–Crippen LogP) is 1.13. The van der Waals surface area contributed by atoms with Crippen LogP contribution in [0.2, 0.25) is 0 Å². The lowest BCUT2D eigenvalue weighted by atomic mass is 10.1. The Morgan fingerprint density at radius 1 is 1.47 bits per heavy atom. The summed E-state index contributed by atoms with van der Waals surface area (Å²) in [5.74, 6) is 0.503. The van der Waals surface area contributed by atoms with Gasteiger partial charge in [-0.05, 0) is 43.7 Å². The number of amides is 1. The van der Waals surface area contributed by atoms with E-state index >= 15 is 0 Å². The molecular weight excluding hydrogens is 240 g/mol. The molecule has 1 fully saturated rings. The monoisotopic (exact) mass is 256 g/mol. The molecule has 2 aliphatic carbocycles. The van der Waals surface area contributed by atoms with E-state index in [1.54, 1.807) is 0 Å². The molecule has 0 aromatic carbocycles. The number of aryl methyl sites for hydroxylation is 2. The van der Waals surface area contributed by atoms with Gasteiger partial charge in [0, 0.05) is 11.7 Å². The topological polar surface area (TPSA) is 77.8 Å². The summed E-state index contributed by atoms with van der Waals surface area (Å²) in [5.41, 5.74) is 2.76. The average molecular weight is 256 g/mol. The first-order valence-corrected chi connectivity index (χ1v) is 6.72. The highest BCUT2D eigenvalue weighted by atomic mass is 16.2. The minimum atomic E-state index is -0.0336. The predicted molar refractivity (Wildman–Crippen MR) is 70.6 cm³/mol. The molecule has 2 aliphatic rings. The van der Waals surface area contributed by atoms with Crippen LogP contribution in [-0.4, -0.2) is 23.5 Å². The van der Waals surface area contributed by atoms with E-state index in [9.17, 15) is 4.79 Å².